The fourth-order valence-corrected chi connectivity index (χ4v) is 2.03. The zero-order valence-electron chi connectivity index (χ0n) is 12.8. The number of hydrogen-bond donors (Lipinski definition) is 2. The molecular formula is C17H19F2NO3. The molecule has 2 N–H and O–H groups in total. The van der Waals surface area contributed by atoms with Crippen LogP contribution >= 0.6 is 0 Å². The summed E-state index contributed by atoms with van der Waals surface area (Å²) in [7, 11) is 1.53. The smallest absolute Gasteiger partial charge is 0.133 e. The third-order valence-corrected chi connectivity index (χ3v) is 3.06. The van der Waals surface area contributed by atoms with E-state index in [4.69, 9.17) is 9.47 Å². The van der Waals surface area contributed by atoms with Crippen molar-refractivity contribution < 1.29 is 23.4 Å². The highest BCUT2D eigenvalue weighted by Crippen LogP contribution is 2.23. The summed E-state index contributed by atoms with van der Waals surface area (Å²) in [6.07, 6.45) is -0.550. The third kappa shape index (κ3) is 5.94. The van der Waals surface area contributed by atoms with Crippen molar-refractivity contribution in [1.82, 2.24) is 5.32 Å². The van der Waals surface area contributed by atoms with Gasteiger partial charge in [0.15, 0.2) is 0 Å². The molecule has 0 aliphatic rings. The van der Waals surface area contributed by atoms with Crippen LogP contribution in [0.2, 0.25) is 0 Å². The van der Waals surface area contributed by atoms with E-state index < -0.39 is 17.7 Å². The van der Waals surface area contributed by atoms with Crippen LogP contribution in [0.15, 0.2) is 42.5 Å². The Hall–Kier alpha value is -2.02. The van der Waals surface area contributed by atoms with Crippen LogP contribution in [-0.4, -0.2) is 31.5 Å². The number of ether oxygens (including phenoxy) is 2. The van der Waals surface area contributed by atoms with E-state index in [1.165, 1.54) is 7.11 Å². The molecule has 2 aromatic carbocycles. The minimum Gasteiger partial charge on any atom is -0.457 e. The summed E-state index contributed by atoms with van der Waals surface area (Å²) in [5.41, 5.74) is 0.993. The van der Waals surface area contributed by atoms with Crippen molar-refractivity contribution in [3.05, 3.63) is 59.7 Å². The van der Waals surface area contributed by atoms with Crippen molar-refractivity contribution in [2.45, 2.75) is 12.6 Å². The van der Waals surface area contributed by atoms with Gasteiger partial charge in [0, 0.05) is 38.4 Å². The van der Waals surface area contributed by atoms with Crippen molar-refractivity contribution in [2.24, 2.45) is 0 Å². The molecule has 0 spiro atoms. The van der Waals surface area contributed by atoms with Crippen LogP contribution in [0.3, 0.4) is 0 Å². The van der Waals surface area contributed by atoms with Gasteiger partial charge in [0.2, 0.25) is 0 Å². The molecule has 0 radical (unpaired) electrons. The van der Waals surface area contributed by atoms with E-state index >= 15 is 0 Å². The Morgan fingerprint density at radius 1 is 1.04 bits per heavy atom. The minimum atomic E-state index is -0.685. The van der Waals surface area contributed by atoms with Crippen molar-refractivity contribution >= 4 is 0 Å². The van der Waals surface area contributed by atoms with Gasteiger partial charge < -0.3 is 19.9 Å². The second kappa shape index (κ2) is 8.57. The molecule has 2 rings (SSSR count). The number of aliphatic hydroxyl groups is 1. The van der Waals surface area contributed by atoms with Crippen molar-refractivity contribution in [3.8, 4) is 11.5 Å². The number of benzene rings is 2. The number of halogens is 2. The largest absolute Gasteiger partial charge is 0.457 e. The van der Waals surface area contributed by atoms with Crippen LogP contribution in [0, 0.1) is 11.6 Å². The summed E-state index contributed by atoms with van der Waals surface area (Å²) in [5, 5.41) is 12.6. The molecule has 1 atom stereocenters. The number of methoxy groups -OCH3 is 1. The zero-order valence-corrected chi connectivity index (χ0v) is 12.8. The Kier molecular flexibility index (Phi) is 6.46. The van der Waals surface area contributed by atoms with Gasteiger partial charge in [-0.15, -0.1) is 0 Å². The maximum absolute atomic E-state index is 13.1. The molecule has 124 valence electrons. The van der Waals surface area contributed by atoms with Crippen molar-refractivity contribution in [2.75, 3.05) is 20.3 Å². The standard InChI is InChI=1S/C17H19F2NO3/c1-22-11-15(21)10-20-9-12-2-4-16(5-3-12)23-17-7-13(18)6-14(19)8-17/h2-8,15,20-21H,9-11H2,1H3. The van der Waals surface area contributed by atoms with E-state index in [2.05, 4.69) is 5.32 Å². The maximum Gasteiger partial charge on any atom is 0.133 e. The van der Waals surface area contributed by atoms with Crippen molar-refractivity contribution in [3.63, 3.8) is 0 Å². The molecule has 0 aliphatic heterocycles. The molecule has 4 nitrogen and oxygen atoms in total. The fraction of sp³-hybridized carbons (Fsp3) is 0.294. The molecule has 2 aromatic rings. The molecule has 0 saturated carbocycles. The van der Waals surface area contributed by atoms with Crippen LogP contribution in [0.5, 0.6) is 11.5 Å². The molecule has 6 heteroatoms. The Balaban J connectivity index is 1.86. The first-order valence-corrected chi connectivity index (χ1v) is 7.17. The first-order chi connectivity index (χ1) is 11.1. The minimum absolute atomic E-state index is 0.107. The molecule has 0 bridgehead atoms. The average Bonchev–Trinajstić information content (AvgIpc) is 2.48. The Morgan fingerprint density at radius 2 is 1.70 bits per heavy atom. The van der Waals surface area contributed by atoms with Crippen molar-refractivity contribution in [1.29, 1.82) is 0 Å². The fourth-order valence-electron chi connectivity index (χ4n) is 2.03. The van der Waals surface area contributed by atoms with E-state index in [-0.39, 0.29) is 12.4 Å². The number of nitrogens with one attached hydrogen (secondary N) is 1. The second-order valence-electron chi connectivity index (χ2n) is 5.09. The van der Waals surface area contributed by atoms with Gasteiger partial charge in [-0.05, 0) is 17.7 Å². The van der Waals surface area contributed by atoms with E-state index in [0.717, 1.165) is 23.8 Å². The first kappa shape index (κ1) is 17.3. The molecule has 0 aromatic heterocycles. The summed E-state index contributed by atoms with van der Waals surface area (Å²) >= 11 is 0. The molecular weight excluding hydrogens is 304 g/mol. The molecule has 0 heterocycles. The summed E-state index contributed by atoms with van der Waals surface area (Å²) in [5.74, 6) is -0.778. The van der Waals surface area contributed by atoms with Gasteiger partial charge in [0.1, 0.15) is 23.1 Å². The molecule has 1 unspecified atom stereocenters. The van der Waals surface area contributed by atoms with E-state index in [0.29, 0.717) is 18.8 Å². The summed E-state index contributed by atoms with van der Waals surface area (Å²) in [6.45, 7) is 1.29. The molecule has 0 fully saturated rings. The number of rotatable bonds is 8. The van der Waals surface area contributed by atoms with E-state index in [9.17, 15) is 13.9 Å². The molecule has 0 amide bonds. The SMILES string of the molecule is COCC(O)CNCc1ccc(Oc2cc(F)cc(F)c2)cc1. The van der Waals surface area contributed by atoms with Crippen LogP contribution in [0.4, 0.5) is 8.78 Å². The van der Waals surface area contributed by atoms with Gasteiger partial charge in [-0.1, -0.05) is 12.1 Å². The Morgan fingerprint density at radius 3 is 2.30 bits per heavy atom. The lowest BCUT2D eigenvalue weighted by molar-refractivity contribution is 0.0644. The third-order valence-electron chi connectivity index (χ3n) is 3.06. The second-order valence-corrected chi connectivity index (χ2v) is 5.09. The highest BCUT2D eigenvalue weighted by Gasteiger charge is 2.04. The monoisotopic (exact) mass is 323 g/mol. The topological polar surface area (TPSA) is 50.7 Å². The lowest BCUT2D eigenvalue weighted by Gasteiger charge is -2.11. The molecule has 0 saturated heterocycles. The van der Waals surface area contributed by atoms with Crippen LogP contribution < -0.4 is 10.1 Å². The average molecular weight is 323 g/mol. The number of hydrogen-bond acceptors (Lipinski definition) is 4. The number of aliphatic hydroxyl groups excluding tert-OH is 1. The Bertz CT molecular complexity index is 599. The molecule has 0 aliphatic carbocycles. The van der Waals surface area contributed by atoms with Gasteiger partial charge in [-0.2, -0.15) is 0 Å². The summed E-state index contributed by atoms with van der Waals surface area (Å²) in [4.78, 5) is 0. The van der Waals surface area contributed by atoms with Gasteiger partial charge in [-0.3, -0.25) is 0 Å². The van der Waals surface area contributed by atoms with E-state index in [1.54, 1.807) is 12.1 Å². The van der Waals surface area contributed by atoms with Crippen LogP contribution in [-0.2, 0) is 11.3 Å². The normalized spacial score (nSPS) is 12.2. The summed E-state index contributed by atoms with van der Waals surface area (Å²) < 4.78 is 36.4. The lowest BCUT2D eigenvalue weighted by Crippen LogP contribution is -2.29. The van der Waals surface area contributed by atoms with Gasteiger partial charge in [0.25, 0.3) is 0 Å². The highest BCUT2D eigenvalue weighted by atomic mass is 19.1. The van der Waals surface area contributed by atoms with Gasteiger partial charge in [-0.25, -0.2) is 8.78 Å². The Labute approximate surface area is 133 Å². The molecule has 23 heavy (non-hydrogen) atoms. The predicted octanol–water partition coefficient (Wildman–Crippen LogP) is 2.85. The van der Waals surface area contributed by atoms with Gasteiger partial charge in [0.05, 0.1) is 12.7 Å². The first-order valence-electron chi connectivity index (χ1n) is 7.17. The van der Waals surface area contributed by atoms with Gasteiger partial charge >= 0.3 is 0 Å². The zero-order chi connectivity index (χ0) is 16.7. The predicted molar refractivity (Wildman–Crippen MR) is 82.5 cm³/mol. The highest BCUT2D eigenvalue weighted by molar-refractivity contribution is 5.33. The quantitative estimate of drug-likeness (QED) is 0.784. The van der Waals surface area contributed by atoms with E-state index in [1.807, 2.05) is 12.1 Å². The van der Waals surface area contributed by atoms with Crippen LogP contribution in [0.25, 0.3) is 0 Å². The summed E-state index contributed by atoms with van der Waals surface area (Å²) in [6, 6.07) is 10.1. The van der Waals surface area contributed by atoms with Crippen LogP contribution in [0.1, 0.15) is 5.56 Å². The maximum atomic E-state index is 13.1. The lowest BCUT2D eigenvalue weighted by atomic mass is 10.2.